The highest BCUT2D eigenvalue weighted by molar-refractivity contribution is 5.97. The van der Waals surface area contributed by atoms with Crippen LogP contribution in [0, 0.1) is 0 Å². The summed E-state index contributed by atoms with van der Waals surface area (Å²) in [5, 5.41) is 13.6. The molecular formula is C25H26N6O2. The minimum Gasteiger partial charge on any atom is -0.356 e. The monoisotopic (exact) mass is 442 g/mol. The van der Waals surface area contributed by atoms with Crippen LogP contribution in [0.1, 0.15) is 48.3 Å². The van der Waals surface area contributed by atoms with Crippen molar-refractivity contribution in [3.63, 3.8) is 0 Å². The quantitative estimate of drug-likeness (QED) is 0.417. The molecule has 1 N–H and O–H groups in total. The van der Waals surface area contributed by atoms with Crippen molar-refractivity contribution in [2.24, 2.45) is 7.05 Å². The van der Waals surface area contributed by atoms with Gasteiger partial charge in [0.25, 0.3) is 0 Å². The van der Waals surface area contributed by atoms with Gasteiger partial charge in [-0.2, -0.15) is 10.1 Å². The second-order valence-corrected chi connectivity index (χ2v) is 8.36. The highest BCUT2D eigenvalue weighted by Crippen LogP contribution is 2.35. The summed E-state index contributed by atoms with van der Waals surface area (Å²) in [6, 6.07) is 11.3. The minimum absolute atomic E-state index is 0.0278. The van der Waals surface area contributed by atoms with Crippen LogP contribution in [0.5, 0.6) is 0 Å². The van der Waals surface area contributed by atoms with Crippen molar-refractivity contribution in [3.8, 4) is 11.4 Å². The Hall–Kier alpha value is -3.78. The van der Waals surface area contributed by atoms with E-state index in [1.54, 1.807) is 16.8 Å². The fraction of sp³-hybridized carbons (Fsp3) is 0.280. The van der Waals surface area contributed by atoms with Gasteiger partial charge in [-0.05, 0) is 43.9 Å². The average Bonchev–Trinajstić information content (AvgIpc) is 3.43. The van der Waals surface area contributed by atoms with Gasteiger partial charge in [-0.15, -0.1) is 5.10 Å². The Bertz CT molecular complexity index is 1330. The Morgan fingerprint density at radius 3 is 2.73 bits per heavy atom. The number of nitrogens with zero attached hydrogens (tertiary/aromatic N) is 5. The number of allylic oxidation sites excluding steroid dienone is 1. The van der Waals surface area contributed by atoms with Crippen LogP contribution in [0.25, 0.3) is 27.9 Å². The summed E-state index contributed by atoms with van der Waals surface area (Å²) in [6.45, 7) is 6.97. The van der Waals surface area contributed by atoms with Crippen LogP contribution in [0.3, 0.4) is 0 Å². The normalized spacial score (nSPS) is 16.1. The fourth-order valence-corrected chi connectivity index (χ4v) is 4.28. The Balaban J connectivity index is 1.50. The number of anilines is 2. The zero-order valence-corrected chi connectivity index (χ0v) is 18.8. The number of ether oxygens (including phenoxy) is 1. The summed E-state index contributed by atoms with van der Waals surface area (Å²) < 4.78 is 9.64. The fourth-order valence-electron chi connectivity index (χ4n) is 4.28. The molecule has 1 unspecified atom stereocenters. The molecule has 1 fully saturated rings. The predicted octanol–water partition coefficient (Wildman–Crippen LogP) is 5.12. The smallest absolute Gasteiger partial charge is 0.225 e. The van der Waals surface area contributed by atoms with Crippen LogP contribution in [0.2, 0.25) is 0 Å². The summed E-state index contributed by atoms with van der Waals surface area (Å²) in [5.41, 5.74) is 5.30. The van der Waals surface area contributed by atoms with Crippen molar-refractivity contribution in [2.45, 2.75) is 32.4 Å². The Morgan fingerprint density at radius 1 is 1.21 bits per heavy atom. The van der Waals surface area contributed by atoms with Gasteiger partial charge in [0.15, 0.2) is 12.1 Å². The highest BCUT2D eigenvalue weighted by Gasteiger charge is 2.21. The van der Waals surface area contributed by atoms with E-state index in [1.165, 1.54) is 0 Å². The molecule has 0 aliphatic carbocycles. The zero-order chi connectivity index (χ0) is 22.9. The van der Waals surface area contributed by atoms with Crippen molar-refractivity contribution in [1.82, 2.24) is 24.5 Å². The van der Waals surface area contributed by atoms with Crippen molar-refractivity contribution in [3.05, 3.63) is 60.3 Å². The maximum absolute atomic E-state index is 10.9. The van der Waals surface area contributed by atoms with Crippen LogP contribution >= 0.6 is 0 Å². The van der Waals surface area contributed by atoms with Crippen LogP contribution in [-0.2, 0) is 11.8 Å². The van der Waals surface area contributed by atoms with Gasteiger partial charge in [0, 0.05) is 41.4 Å². The molecule has 1 aliphatic rings. The summed E-state index contributed by atoms with van der Waals surface area (Å²) in [5.74, 6) is 1.19. The molecule has 1 saturated heterocycles. The van der Waals surface area contributed by atoms with E-state index in [0.717, 1.165) is 65.4 Å². The topological polar surface area (TPSA) is 86.9 Å². The summed E-state index contributed by atoms with van der Waals surface area (Å²) in [6.07, 6.45) is 5.89. The lowest BCUT2D eigenvalue weighted by atomic mass is 10.0. The first kappa shape index (κ1) is 21.1. The highest BCUT2D eigenvalue weighted by atomic mass is 16.5. The Kier molecular flexibility index (Phi) is 5.51. The summed E-state index contributed by atoms with van der Waals surface area (Å²) in [7, 11) is 1.84. The average molecular weight is 443 g/mol. The molecule has 2 aromatic heterocycles. The van der Waals surface area contributed by atoms with Gasteiger partial charge in [-0.1, -0.05) is 30.8 Å². The van der Waals surface area contributed by atoms with E-state index in [2.05, 4.69) is 33.1 Å². The van der Waals surface area contributed by atoms with Crippen molar-refractivity contribution >= 4 is 34.4 Å². The standard InChI is InChI=1S/C25H26N6O2/c1-16(2)23-19-14-26-31(22-6-4-5-13-33-22)21(19)12-11-20(23)27-25-28-24(29-30(25)3)18-9-7-17(15-32)8-10-18/h7-12,14-15,22H,1,4-6,13H2,2-3H3,(H,27,28,29). The maximum Gasteiger partial charge on any atom is 0.225 e. The van der Waals surface area contributed by atoms with Gasteiger partial charge < -0.3 is 10.1 Å². The lowest BCUT2D eigenvalue weighted by molar-refractivity contribution is -0.0366. The number of aldehydes is 1. The molecule has 0 spiro atoms. The van der Waals surface area contributed by atoms with Gasteiger partial charge in [-0.3, -0.25) is 4.79 Å². The first-order valence-corrected chi connectivity index (χ1v) is 11.1. The van der Waals surface area contributed by atoms with Crippen molar-refractivity contribution < 1.29 is 9.53 Å². The largest absolute Gasteiger partial charge is 0.356 e. The molecule has 3 heterocycles. The summed E-state index contributed by atoms with van der Waals surface area (Å²) in [4.78, 5) is 15.6. The van der Waals surface area contributed by atoms with Crippen LogP contribution in [0.4, 0.5) is 11.6 Å². The first-order chi connectivity index (χ1) is 16.0. The predicted molar refractivity (Wildman–Crippen MR) is 128 cm³/mol. The maximum atomic E-state index is 10.9. The molecule has 0 amide bonds. The Labute approximate surface area is 191 Å². The second-order valence-electron chi connectivity index (χ2n) is 8.36. The van der Waals surface area contributed by atoms with Crippen molar-refractivity contribution in [1.29, 1.82) is 0 Å². The molecule has 0 radical (unpaired) electrons. The SMILES string of the molecule is C=C(C)c1c(Nc2nc(-c3ccc(C=O)cc3)nn2C)ccc2c1cnn2C1CCCCO1. The molecule has 5 rings (SSSR count). The molecule has 33 heavy (non-hydrogen) atoms. The number of carbonyl (C=O) groups is 1. The summed E-state index contributed by atoms with van der Waals surface area (Å²) >= 11 is 0. The van der Waals surface area contributed by atoms with Gasteiger partial charge in [0.1, 0.15) is 6.29 Å². The van der Waals surface area contributed by atoms with Crippen LogP contribution in [-0.4, -0.2) is 37.4 Å². The molecule has 168 valence electrons. The van der Waals surface area contributed by atoms with Gasteiger partial charge >= 0.3 is 0 Å². The zero-order valence-electron chi connectivity index (χ0n) is 18.8. The number of aromatic nitrogens is 5. The molecule has 8 heteroatoms. The van der Waals surface area contributed by atoms with Gasteiger partial charge in [0.2, 0.25) is 5.95 Å². The van der Waals surface area contributed by atoms with E-state index in [0.29, 0.717) is 17.3 Å². The molecule has 1 atom stereocenters. The third-order valence-corrected chi connectivity index (χ3v) is 5.95. The van der Waals surface area contributed by atoms with Crippen LogP contribution < -0.4 is 5.32 Å². The lowest BCUT2D eigenvalue weighted by Gasteiger charge is -2.23. The molecule has 0 bridgehead atoms. The van der Waals surface area contributed by atoms with Gasteiger partial charge in [0.05, 0.1) is 11.7 Å². The molecule has 1 aliphatic heterocycles. The van der Waals surface area contributed by atoms with E-state index in [9.17, 15) is 4.79 Å². The second kappa shape index (κ2) is 8.63. The number of hydrogen-bond donors (Lipinski definition) is 1. The molecule has 8 nitrogen and oxygen atoms in total. The third-order valence-electron chi connectivity index (χ3n) is 5.95. The van der Waals surface area contributed by atoms with Gasteiger partial charge in [-0.25, -0.2) is 9.36 Å². The van der Waals surface area contributed by atoms with Crippen LogP contribution in [0.15, 0.2) is 49.2 Å². The number of benzene rings is 2. The molecular weight excluding hydrogens is 416 g/mol. The first-order valence-electron chi connectivity index (χ1n) is 11.1. The van der Waals surface area contributed by atoms with E-state index in [-0.39, 0.29) is 6.23 Å². The van der Waals surface area contributed by atoms with E-state index in [1.807, 2.05) is 43.0 Å². The minimum atomic E-state index is -0.0278. The number of hydrogen-bond acceptors (Lipinski definition) is 6. The number of carbonyl (C=O) groups excluding carboxylic acids is 1. The van der Waals surface area contributed by atoms with E-state index in [4.69, 9.17) is 4.74 Å². The Morgan fingerprint density at radius 2 is 2.03 bits per heavy atom. The number of rotatable bonds is 6. The number of fused-ring (bicyclic) bond motifs is 1. The van der Waals surface area contributed by atoms with E-state index >= 15 is 0 Å². The third kappa shape index (κ3) is 3.93. The van der Waals surface area contributed by atoms with Crippen molar-refractivity contribution in [2.75, 3.05) is 11.9 Å². The molecule has 2 aromatic carbocycles. The van der Waals surface area contributed by atoms with E-state index < -0.39 is 0 Å². The molecule has 4 aromatic rings. The number of aryl methyl sites for hydroxylation is 1. The lowest BCUT2D eigenvalue weighted by Crippen LogP contribution is -2.18. The number of nitrogens with one attached hydrogen (secondary N) is 1. The molecule has 0 saturated carbocycles.